The summed E-state index contributed by atoms with van der Waals surface area (Å²) in [6, 6.07) is 8.30. The molecule has 2 aromatic rings. The van der Waals surface area contributed by atoms with Crippen molar-refractivity contribution in [2.75, 3.05) is 13.1 Å². The summed E-state index contributed by atoms with van der Waals surface area (Å²) < 4.78 is 46.2. The maximum absolute atomic E-state index is 13.6. The van der Waals surface area contributed by atoms with Crippen LogP contribution in [0.2, 0.25) is 0 Å². The zero-order valence-corrected chi connectivity index (χ0v) is 14.2. The highest BCUT2D eigenvalue weighted by molar-refractivity contribution is 5.79. The molecule has 2 aromatic carbocycles. The van der Waals surface area contributed by atoms with Gasteiger partial charge in [0, 0.05) is 18.7 Å². The average Bonchev–Trinajstić information content (AvgIpc) is 3.07. The van der Waals surface area contributed by atoms with Crippen molar-refractivity contribution in [3.8, 4) is 5.75 Å². The molecule has 1 saturated heterocycles. The normalized spacial score (nSPS) is 19.3. The fourth-order valence-corrected chi connectivity index (χ4v) is 3.18. The summed E-state index contributed by atoms with van der Waals surface area (Å²) in [6.45, 7) is 0.562. The summed E-state index contributed by atoms with van der Waals surface area (Å²) in [7, 11) is 0. The molecule has 2 aliphatic rings. The largest absolute Gasteiger partial charge is 0.484 e. The number of benzene rings is 2. The van der Waals surface area contributed by atoms with E-state index in [1.54, 1.807) is 18.3 Å². The maximum atomic E-state index is 13.6. The Morgan fingerprint density at radius 2 is 1.78 bits per heavy atom. The summed E-state index contributed by atoms with van der Waals surface area (Å²) in [5.74, 6) is -1.72. The third-order valence-electron chi connectivity index (χ3n) is 4.54. The van der Waals surface area contributed by atoms with Gasteiger partial charge < -0.3 is 9.64 Å². The predicted molar refractivity (Wildman–Crippen MR) is 91.8 cm³/mol. The number of carbonyl (C=O) groups is 1. The summed E-state index contributed by atoms with van der Waals surface area (Å²) >= 11 is 0. The molecular weight excluding hydrogens is 359 g/mol. The van der Waals surface area contributed by atoms with Crippen LogP contribution in [0.4, 0.5) is 18.0 Å². The lowest BCUT2D eigenvalue weighted by Crippen LogP contribution is -2.58. The molecule has 27 heavy (non-hydrogen) atoms. The van der Waals surface area contributed by atoms with Gasteiger partial charge in [0.2, 0.25) is 0 Å². The SMILES string of the molecule is O=C(N1CC(Oc2ccccc2F)C1)N1N=CCC1c1cc(F)cc(F)c1. The van der Waals surface area contributed by atoms with Crippen LogP contribution >= 0.6 is 0 Å². The summed E-state index contributed by atoms with van der Waals surface area (Å²) in [4.78, 5) is 14.2. The second-order valence-corrected chi connectivity index (χ2v) is 6.45. The number of rotatable bonds is 3. The van der Waals surface area contributed by atoms with Gasteiger partial charge in [0.05, 0.1) is 19.1 Å². The fraction of sp³-hybridized carbons (Fsp3) is 0.263. The highest BCUT2D eigenvalue weighted by Gasteiger charge is 2.39. The van der Waals surface area contributed by atoms with Crippen LogP contribution < -0.4 is 4.74 Å². The van der Waals surface area contributed by atoms with Crippen LogP contribution in [0, 0.1) is 17.5 Å². The standard InChI is InChI=1S/C19H16F3N3O2/c20-13-7-12(8-14(21)9-13)17-5-6-23-25(17)19(26)24-10-15(11-24)27-18-4-2-1-3-16(18)22/h1-4,6-9,15,17H,5,10-11H2. The Morgan fingerprint density at radius 1 is 1.07 bits per heavy atom. The second-order valence-electron chi connectivity index (χ2n) is 6.45. The molecule has 0 bridgehead atoms. The van der Waals surface area contributed by atoms with E-state index in [1.807, 2.05) is 0 Å². The highest BCUT2D eigenvalue weighted by Crippen LogP contribution is 2.31. The number of amides is 2. The van der Waals surface area contributed by atoms with Gasteiger partial charge in [0.25, 0.3) is 0 Å². The Morgan fingerprint density at radius 3 is 2.48 bits per heavy atom. The van der Waals surface area contributed by atoms with Crippen LogP contribution in [-0.2, 0) is 0 Å². The fourth-order valence-electron chi connectivity index (χ4n) is 3.18. The number of hydrogen-bond donors (Lipinski definition) is 0. The molecule has 0 aliphatic carbocycles. The molecule has 8 heteroatoms. The van der Waals surface area contributed by atoms with Gasteiger partial charge in [0.1, 0.15) is 17.7 Å². The molecule has 0 saturated carbocycles. The summed E-state index contributed by atoms with van der Waals surface area (Å²) in [6.07, 6.45) is 1.60. The maximum Gasteiger partial charge on any atom is 0.341 e. The Kier molecular flexibility index (Phi) is 4.47. The van der Waals surface area contributed by atoms with Crippen LogP contribution in [-0.4, -0.2) is 41.3 Å². The Balaban J connectivity index is 1.40. The lowest BCUT2D eigenvalue weighted by atomic mass is 10.0. The minimum absolute atomic E-state index is 0.141. The molecule has 2 heterocycles. The summed E-state index contributed by atoms with van der Waals surface area (Å²) in [5, 5.41) is 5.27. The monoisotopic (exact) mass is 375 g/mol. The highest BCUT2D eigenvalue weighted by atomic mass is 19.1. The van der Waals surface area contributed by atoms with Crippen LogP contribution in [0.15, 0.2) is 47.6 Å². The first kappa shape index (κ1) is 17.4. The van der Waals surface area contributed by atoms with E-state index >= 15 is 0 Å². The van der Waals surface area contributed by atoms with E-state index in [9.17, 15) is 18.0 Å². The topological polar surface area (TPSA) is 45.1 Å². The van der Waals surface area contributed by atoms with E-state index in [2.05, 4.69) is 5.10 Å². The van der Waals surface area contributed by atoms with Crippen molar-refractivity contribution in [2.45, 2.75) is 18.6 Å². The quantitative estimate of drug-likeness (QED) is 0.821. The van der Waals surface area contributed by atoms with E-state index in [-0.39, 0.29) is 31.0 Å². The van der Waals surface area contributed by atoms with E-state index < -0.39 is 23.5 Å². The first-order valence-electron chi connectivity index (χ1n) is 8.49. The Bertz CT molecular complexity index is 879. The van der Waals surface area contributed by atoms with Crippen LogP contribution in [0.5, 0.6) is 5.75 Å². The Labute approximate surface area is 153 Å². The van der Waals surface area contributed by atoms with Gasteiger partial charge in [-0.15, -0.1) is 0 Å². The third kappa shape index (κ3) is 3.47. The molecule has 2 amide bonds. The lowest BCUT2D eigenvalue weighted by Gasteiger charge is -2.41. The molecule has 1 atom stereocenters. The number of ether oxygens (including phenoxy) is 1. The van der Waals surface area contributed by atoms with Gasteiger partial charge >= 0.3 is 6.03 Å². The smallest absolute Gasteiger partial charge is 0.341 e. The minimum atomic E-state index is -0.702. The average molecular weight is 375 g/mol. The molecule has 0 radical (unpaired) electrons. The van der Waals surface area contributed by atoms with Gasteiger partial charge in [-0.2, -0.15) is 5.10 Å². The molecule has 4 rings (SSSR count). The van der Waals surface area contributed by atoms with Crippen molar-refractivity contribution in [2.24, 2.45) is 5.10 Å². The van der Waals surface area contributed by atoms with Crippen molar-refractivity contribution in [3.05, 3.63) is 65.5 Å². The molecular formula is C19H16F3N3O2. The molecule has 0 spiro atoms. The lowest BCUT2D eigenvalue weighted by molar-refractivity contribution is 0.0257. The third-order valence-corrected chi connectivity index (χ3v) is 4.54. The van der Waals surface area contributed by atoms with Gasteiger partial charge in [-0.05, 0) is 29.8 Å². The number of urea groups is 1. The summed E-state index contributed by atoms with van der Waals surface area (Å²) in [5.41, 5.74) is 0.345. The first-order chi connectivity index (χ1) is 13.0. The van der Waals surface area contributed by atoms with Gasteiger partial charge in [-0.25, -0.2) is 23.0 Å². The Hall–Kier alpha value is -3.03. The number of hydrazone groups is 1. The molecule has 140 valence electrons. The predicted octanol–water partition coefficient (Wildman–Crippen LogP) is 3.72. The number of nitrogens with zero attached hydrogens (tertiary/aromatic N) is 3. The molecule has 0 aromatic heterocycles. The van der Waals surface area contributed by atoms with E-state index in [0.717, 1.165) is 6.07 Å². The number of para-hydroxylation sites is 1. The minimum Gasteiger partial charge on any atom is -0.484 e. The zero-order valence-electron chi connectivity index (χ0n) is 14.2. The van der Waals surface area contributed by atoms with Crippen molar-refractivity contribution in [1.29, 1.82) is 0 Å². The van der Waals surface area contributed by atoms with Gasteiger partial charge in [-0.1, -0.05) is 12.1 Å². The van der Waals surface area contributed by atoms with Crippen LogP contribution in [0.25, 0.3) is 0 Å². The first-order valence-corrected chi connectivity index (χ1v) is 8.49. The number of carbonyl (C=O) groups excluding carboxylic acids is 1. The molecule has 2 aliphatic heterocycles. The van der Waals surface area contributed by atoms with Gasteiger partial charge in [-0.3, -0.25) is 0 Å². The van der Waals surface area contributed by atoms with E-state index in [4.69, 9.17) is 4.74 Å². The van der Waals surface area contributed by atoms with Crippen LogP contribution in [0.1, 0.15) is 18.0 Å². The zero-order chi connectivity index (χ0) is 19.0. The van der Waals surface area contributed by atoms with Gasteiger partial charge in [0.15, 0.2) is 11.6 Å². The van der Waals surface area contributed by atoms with Crippen molar-refractivity contribution in [1.82, 2.24) is 9.91 Å². The van der Waals surface area contributed by atoms with Crippen LogP contribution in [0.3, 0.4) is 0 Å². The molecule has 1 fully saturated rings. The molecule has 5 nitrogen and oxygen atoms in total. The van der Waals surface area contributed by atoms with Crippen molar-refractivity contribution in [3.63, 3.8) is 0 Å². The van der Waals surface area contributed by atoms with E-state index in [1.165, 1.54) is 34.2 Å². The number of likely N-dealkylation sites (tertiary alicyclic amines) is 1. The molecule has 1 unspecified atom stereocenters. The number of halogens is 3. The van der Waals surface area contributed by atoms with Crippen molar-refractivity contribution < 1.29 is 22.7 Å². The number of hydrogen-bond acceptors (Lipinski definition) is 3. The molecule has 0 N–H and O–H groups in total. The van der Waals surface area contributed by atoms with Crippen molar-refractivity contribution >= 4 is 12.2 Å². The van der Waals surface area contributed by atoms with E-state index in [0.29, 0.717) is 12.0 Å². The second kappa shape index (κ2) is 6.94.